The lowest BCUT2D eigenvalue weighted by Crippen LogP contribution is -2.39. The number of aromatic nitrogens is 3. The molecule has 0 aliphatic carbocycles. The number of nitrogens with one attached hydrogen (secondary N) is 4. The Labute approximate surface area is 400 Å². The lowest BCUT2D eigenvalue weighted by atomic mass is 9.98. The van der Waals surface area contributed by atoms with Gasteiger partial charge in [-0.2, -0.15) is 0 Å². The number of hydrogen-bond donors (Lipinski definition) is 4. The largest absolute Gasteiger partial charge is 0.324 e. The van der Waals surface area contributed by atoms with Crippen LogP contribution in [0.2, 0.25) is 0 Å². The van der Waals surface area contributed by atoms with Gasteiger partial charge >= 0.3 is 0 Å². The predicted molar refractivity (Wildman–Crippen MR) is 278 cm³/mol. The third kappa shape index (κ3) is 5.21. The summed E-state index contributed by atoms with van der Waals surface area (Å²) >= 11 is 0. The summed E-state index contributed by atoms with van der Waals surface area (Å²) in [5.41, 5.74) is 7.13. The second kappa shape index (κ2) is 13.2. The number of H-pyrrole nitrogens is 3. The maximum atomic E-state index is 5.88. The Morgan fingerprint density at radius 3 is 1.20 bits per heavy atom. The molecule has 10 aromatic carbocycles. The number of aromatic amines is 3. The fraction of sp³-hybridized carbons (Fsp3) is 0.0500. The van der Waals surface area contributed by atoms with Crippen LogP contribution in [-0.2, 0) is 11.6 Å². The molecule has 17 rings (SSSR count). The molecule has 4 aliphatic heterocycles. The first-order chi connectivity index (χ1) is 35.0. The smallest absolute Gasteiger partial charge is 0.278 e. The first-order valence-electron chi connectivity index (χ1n) is 23.9. The van der Waals surface area contributed by atoms with Crippen molar-refractivity contribution in [2.45, 2.75) is 17.7 Å². The summed E-state index contributed by atoms with van der Waals surface area (Å²) in [5.74, 6) is -2.54. The Morgan fingerprint density at radius 1 is 0.338 bits per heavy atom. The Kier molecular flexibility index (Phi) is 6.98. The zero-order valence-electron chi connectivity index (χ0n) is 37.5. The molecule has 0 amide bonds. The molecule has 71 heavy (non-hydrogen) atoms. The third-order valence-electron chi connectivity index (χ3n) is 15.1. The molecule has 0 saturated carbocycles. The van der Waals surface area contributed by atoms with E-state index in [1.54, 1.807) is 0 Å². The van der Waals surface area contributed by atoms with Crippen LogP contribution in [0.15, 0.2) is 217 Å². The minimum absolute atomic E-state index is 0.494. The van der Waals surface area contributed by atoms with Gasteiger partial charge in [0.25, 0.3) is 5.79 Å². The summed E-state index contributed by atoms with van der Waals surface area (Å²) in [6, 6.07) is 64.1. The molecule has 2 spiro atoms. The molecule has 4 aliphatic rings. The zero-order valence-corrected chi connectivity index (χ0v) is 37.5. The molecular formula is C60H35N11. The SMILES string of the molecule is c1ccc2cc3c(cc2c1)C1=NC32N=c3[nH]c(c4cc5ccccc5cc34)=NC3NC(N=c4[nH]c(c5cc6ccccc6cc45)=N1)(N=c1[nH]c(c4cc5ccccc5cc14)=N2)c1cc2ccccc2cc13. The Morgan fingerprint density at radius 2 is 0.704 bits per heavy atom. The highest BCUT2D eigenvalue weighted by molar-refractivity contribution is 6.08. The van der Waals surface area contributed by atoms with E-state index in [0.29, 0.717) is 38.8 Å². The van der Waals surface area contributed by atoms with Crippen molar-refractivity contribution >= 4 is 92.0 Å². The quantitative estimate of drug-likeness (QED) is 0.118. The van der Waals surface area contributed by atoms with Crippen LogP contribution in [0.5, 0.6) is 0 Å². The molecule has 7 heterocycles. The topological polar surface area (TPSA) is 146 Å². The molecule has 3 unspecified atom stereocenters. The lowest BCUT2D eigenvalue weighted by Gasteiger charge is -2.22. The second-order valence-corrected chi connectivity index (χ2v) is 19.2. The minimum Gasteiger partial charge on any atom is -0.324 e. The van der Waals surface area contributed by atoms with Crippen LogP contribution in [0.3, 0.4) is 0 Å². The van der Waals surface area contributed by atoms with Crippen molar-refractivity contribution in [3.63, 3.8) is 0 Å². The van der Waals surface area contributed by atoms with Gasteiger partial charge in [-0.1, -0.05) is 121 Å². The summed E-state index contributed by atoms with van der Waals surface area (Å²) in [6.07, 6.45) is -0.617. The first kappa shape index (κ1) is 37.5. The van der Waals surface area contributed by atoms with E-state index in [1.165, 1.54) is 0 Å². The molecule has 11 heteroatoms. The number of benzene rings is 10. The molecule has 10 bridgehead atoms. The van der Waals surface area contributed by atoms with Crippen molar-refractivity contribution in [2.24, 2.45) is 34.9 Å². The number of amidine groups is 1. The maximum Gasteiger partial charge on any atom is 0.278 e. The Balaban J connectivity index is 1.16. The fourth-order valence-corrected chi connectivity index (χ4v) is 11.7. The predicted octanol–water partition coefficient (Wildman–Crippen LogP) is 9.02. The maximum absolute atomic E-state index is 5.88. The monoisotopic (exact) mass is 909 g/mol. The Bertz CT molecular complexity index is 5080. The zero-order chi connectivity index (χ0) is 46.2. The van der Waals surface area contributed by atoms with Crippen LogP contribution in [0.4, 0.5) is 0 Å². The number of fused-ring (bicyclic) bond motifs is 21. The van der Waals surface area contributed by atoms with Crippen molar-refractivity contribution in [2.75, 3.05) is 0 Å². The van der Waals surface area contributed by atoms with E-state index in [2.05, 4.69) is 202 Å². The fourth-order valence-electron chi connectivity index (χ4n) is 11.7. The van der Waals surface area contributed by atoms with Crippen LogP contribution in [0, 0.1) is 0 Å². The summed E-state index contributed by atoms with van der Waals surface area (Å²) < 4.78 is 0. The molecule has 4 N–H and O–H groups in total. The van der Waals surface area contributed by atoms with Crippen LogP contribution in [0.25, 0.3) is 86.2 Å². The van der Waals surface area contributed by atoms with E-state index in [9.17, 15) is 0 Å². The molecule has 11 nitrogen and oxygen atoms in total. The molecule has 3 aromatic heterocycles. The molecule has 13 aromatic rings. The van der Waals surface area contributed by atoms with Gasteiger partial charge in [0.1, 0.15) is 39.1 Å². The van der Waals surface area contributed by atoms with Crippen molar-refractivity contribution in [1.29, 1.82) is 0 Å². The second-order valence-electron chi connectivity index (χ2n) is 19.2. The highest BCUT2D eigenvalue weighted by atomic mass is 15.4. The number of rotatable bonds is 0. The van der Waals surface area contributed by atoms with Gasteiger partial charge in [0.15, 0.2) is 5.84 Å². The molecule has 3 atom stereocenters. The minimum atomic E-state index is -1.59. The van der Waals surface area contributed by atoms with Crippen molar-refractivity contribution in [1.82, 2.24) is 20.3 Å². The van der Waals surface area contributed by atoms with E-state index in [-0.39, 0.29) is 0 Å². The standard InChI is InChI=1S/C60H35N11/c1-3-13-33-23-43-41(21-31(33)11-1)51-61-53(43)66-59-50-30-40-20-10-8-18-38(40)28-48(50)58(71-59)64-52-42-22-32-12-2-4-14-34(32)24-44(42)54(62-52)67-60(49-29-39-19-9-7-17-37(39)27-47(49)57(63-51)70-60)69-56-46-26-36-16-6-5-15-35(36)25-45(46)55(65-56)68-59/h1-30,57,70H,(H,61,63,66)(H,65,68,69)(H,62,64,67,71). The first-order valence-corrected chi connectivity index (χ1v) is 23.9. The number of aliphatic imine (C=N–C) groups is 1. The van der Waals surface area contributed by atoms with Gasteiger partial charge < -0.3 is 15.0 Å². The van der Waals surface area contributed by atoms with Gasteiger partial charge in [0.2, 0.25) is 5.79 Å². The summed E-state index contributed by atoms with van der Waals surface area (Å²) in [5, 5.41) is 20.1. The van der Waals surface area contributed by atoms with Gasteiger partial charge in [-0.25, -0.2) is 40.3 Å². The average Bonchev–Trinajstić information content (AvgIpc) is 4.16. The van der Waals surface area contributed by atoms with E-state index in [0.717, 1.165) is 108 Å². The summed E-state index contributed by atoms with van der Waals surface area (Å²) in [7, 11) is 0. The molecule has 0 radical (unpaired) electrons. The normalized spacial score (nSPS) is 19.7. The third-order valence-corrected chi connectivity index (χ3v) is 15.1. The average molecular weight is 910 g/mol. The highest BCUT2D eigenvalue weighted by Crippen LogP contribution is 2.44. The van der Waals surface area contributed by atoms with Gasteiger partial charge in [-0.05, 0) is 115 Å². The van der Waals surface area contributed by atoms with Crippen molar-refractivity contribution in [3.05, 3.63) is 237 Å². The number of nitrogens with zero attached hydrogens (tertiary/aromatic N) is 7. The molecule has 0 saturated heterocycles. The van der Waals surface area contributed by atoms with E-state index in [1.807, 2.05) is 0 Å². The molecule has 0 fully saturated rings. The van der Waals surface area contributed by atoms with Crippen LogP contribution in [0.1, 0.15) is 28.4 Å². The van der Waals surface area contributed by atoms with Crippen molar-refractivity contribution in [3.8, 4) is 0 Å². The Hall–Kier alpha value is -9.45. The van der Waals surface area contributed by atoms with Crippen LogP contribution >= 0.6 is 0 Å². The summed E-state index contributed by atoms with van der Waals surface area (Å²) in [4.78, 5) is 51.7. The number of hydrogen-bond acceptors (Lipinski definition) is 8. The van der Waals surface area contributed by atoms with E-state index in [4.69, 9.17) is 34.9 Å². The van der Waals surface area contributed by atoms with Crippen molar-refractivity contribution < 1.29 is 0 Å². The molecule has 330 valence electrons. The van der Waals surface area contributed by atoms with Gasteiger partial charge in [-0.15, -0.1) is 0 Å². The van der Waals surface area contributed by atoms with Crippen LogP contribution in [-0.4, -0.2) is 20.8 Å². The summed E-state index contributed by atoms with van der Waals surface area (Å²) in [6.45, 7) is 0. The highest BCUT2D eigenvalue weighted by Gasteiger charge is 2.46. The van der Waals surface area contributed by atoms with Gasteiger partial charge in [0, 0.05) is 54.6 Å². The van der Waals surface area contributed by atoms with E-state index < -0.39 is 17.7 Å². The van der Waals surface area contributed by atoms with Gasteiger partial charge in [0.05, 0.1) is 0 Å². The molecular weight excluding hydrogens is 875 g/mol. The lowest BCUT2D eigenvalue weighted by molar-refractivity contribution is 0.341. The van der Waals surface area contributed by atoms with Gasteiger partial charge in [-0.3, -0.25) is 0 Å². The van der Waals surface area contributed by atoms with E-state index >= 15 is 0 Å². The van der Waals surface area contributed by atoms with Crippen LogP contribution < -0.4 is 38.2 Å².